The molecule has 0 fully saturated rings. The fraction of sp³-hybridized carbons (Fsp3) is 0.350. The molecule has 0 aliphatic carbocycles. The smallest absolute Gasteiger partial charge is 0.321 e. The third kappa shape index (κ3) is 5.09. The summed E-state index contributed by atoms with van der Waals surface area (Å²) in [6.45, 7) is 4.71. The predicted octanol–water partition coefficient (Wildman–Crippen LogP) is 4.65. The van der Waals surface area contributed by atoms with E-state index in [4.69, 9.17) is 0 Å². The van der Waals surface area contributed by atoms with Gasteiger partial charge in [0.25, 0.3) is 6.43 Å². The lowest BCUT2D eigenvalue weighted by Crippen LogP contribution is -2.21. The molecule has 0 saturated carbocycles. The third-order valence-electron chi connectivity index (χ3n) is 4.75. The van der Waals surface area contributed by atoms with Crippen molar-refractivity contribution in [2.24, 2.45) is 0 Å². The van der Waals surface area contributed by atoms with Crippen LogP contribution in [-0.2, 0) is 24.1 Å². The van der Waals surface area contributed by atoms with Gasteiger partial charge in [-0.25, -0.2) is 8.78 Å². The number of carbonyl (C=O) groups excluding carboxylic acids is 1. The lowest BCUT2D eigenvalue weighted by atomic mass is 10.1. The Hall–Kier alpha value is -3.24. The number of alkyl halides is 5. The number of aromatic nitrogens is 4. The molecule has 0 saturated heterocycles. The van der Waals surface area contributed by atoms with Gasteiger partial charge in [0.15, 0.2) is 0 Å². The summed E-state index contributed by atoms with van der Waals surface area (Å²) in [4.78, 5) is 12.4. The molecule has 0 aliphatic heterocycles. The number of rotatable bonds is 6. The highest BCUT2D eigenvalue weighted by atomic mass is 19.4. The Labute approximate surface area is 174 Å². The van der Waals surface area contributed by atoms with E-state index in [0.29, 0.717) is 28.3 Å². The second-order valence-corrected chi connectivity index (χ2v) is 7.12. The topological polar surface area (TPSA) is 64.7 Å². The van der Waals surface area contributed by atoms with Gasteiger partial charge in [-0.15, -0.1) is 0 Å². The van der Waals surface area contributed by atoms with Crippen LogP contribution in [0.5, 0.6) is 0 Å². The summed E-state index contributed by atoms with van der Waals surface area (Å²) < 4.78 is 67.0. The summed E-state index contributed by atoms with van der Waals surface area (Å²) >= 11 is 0. The Balaban J connectivity index is 1.75. The van der Waals surface area contributed by atoms with E-state index in [-0.39, 0.29) is 13.1 Å². The average Bonchev–Trinajstić information content (AvgIpc) is 3.16. The maximum Gasteiger partial charge on any atom is 0.416 e. The number of benzene rings is 1. The van der Waals surface area contributed by atoms with E-state index in [1.54, 1.807) is 26.8 Å². The van der Waals surface area contributed by atoms with Crippen LogP contribution in [0.2, 0.25) is 0 Å². The second kappa shape index (κ2) is 8.48. The minimum atomic E-state index is -4.45. The fourth-order valence-electron chi connectivity index (χ4n) is 3.17. The normalized spacial score (nSPS) is 11.9. The van der Waals surface area contributed by atoms with Crippen LogP contribution in [0, 0.1) is 20.8 Å². The maximum atomic E-state index is 12.9. The molecule has 3 rings (SSSR count). The van der Waals surface area contributed by atoms with Gasteiger partial charge in [0, 0.05) is 5.69 Å². The lowest BCUT2D eigenvalue weighted by Gasteiger charge is -2.10. The van der Waals surface area contributed by atoms with Crippen molar-refractivity contribution in [1.82, 2.24) is 19.6 Å². The largest absolute Gasteiger partial charge is 0.416 e. The van der Waals surface area contributed by atoms with Crippen molar-refractivity contribution in [2.45, 2.75) is 46.5 Å². The zero-order valence-corrected chi connectivity index (χ0v) is 17.0. The molecule has 2 heterocycles. The van der Waals surface area contributed by atoms with Crippen molar-refractivity contribution in [3.05, 3.63) is 64.2 Å². The monoisotopic (exact) mass is 441 g/mol. The van der Waals surface area contributed by atoms with Crippen LogP contribution in [0.1, 0.15) is 40.3 Å². The molecular weight excluding hydrogens is 421 g/mol. The van der Waals surface area contributed by atoms with Gasteiger partial charge in [-0.1, -0.05) is 12.1 Å². The van der Waals surface area contributed by atoms with Crippen LogP contribution in [0.25, 0.3) is 0 Å². The van der Waals surface area contributed by atoms with Crippen molar-refractivity contribution in [2.75, 3.05) is 5.32 Å². The van der Waals surface area contributed by atoms with Crippen molar-refractivity contribution >= 4 is 11.6 Å². The van der Waals surface area contributed by atoms with Gasteiger partial charge in [0.2, 0.25) is 5.91 Å². The van der Waals surface area contributed by atoms with Crippen molar-refractivity contribution < 1.29 is 26.7 Å². The summed E-state index contributed by atoms with van der Waals surface area (Å²) in [5.41, 5.74) is 1.10. The first-order valence-corrected chi connectivity index (χ1v) is 9.28. The van der Waals surface area contributed by atoms with Crippen LogP contribution in [0.15, 0.2) is 30.3 Å². The maximum absolute atomic E-state index is 12.9. The van der Waals surface area contributed by atoms with E-state index >= 15 is 0 Å². The average molecular weight is 441 g/mol. The van der Waals surface area contributed by atoms with Crippen LogP contribution >= 0.6 is 0 Å². The molecule has 0 bridgehead atoms. The van der Waals surface area contributed by atoms with Crippen molar-refractivity contribution in [1.29, 1.82) is 0 Å². The van der Waals surface area contributed by atoms with Crippen molar-refractivity contribution in [3.63, 3.8) is 0 Å². The number of carbonyl (C=O) groups is 1. The van der Waals surface area contributed by atoms with Crippen LogP contribution < -0.4 is 5.32 Å². The lowest BCUT2D eigenvalue weighted by molar-refractivity contribution is -0.137. The van der Waals surface area contributed by atoms with Crippen molar-refractivity contribution in [3.8, 4) is 0 Å². The van der Waals surface area contributed by atoms with Gasteiger partial charge in [-0.2, -0.15) is 23.4 Å². The molecule has 0 spiro atoms. The number of amides is 1. The van der Waals surface area contributed by atoms with Crippen LogP contribution in [-0.4, -0.2) is 25.5 Å². The first kappa shape index (κ1) is 22.4. The molecule has 1 aromatic carbocycles. The van der Waals surface area contributed by atoms with Crippen LogP contribution in [0.4, 0.5) is 27.6 Å². The van der Waals surface area contributed by atoms with E-state index in [1.165, 1.54) is 21.5 Å². The Kier molecular flexibility index (Phi) is 6.14. The zero-order chi connectivity index (χ0) is 22.9. The molecule has 1 N–H and O–H groups in total. The number of nitrogens with one attached hydrogen (secondary N) is 1. The molecule has 11 heteroatoms. The Morgan fingerprint density at radius 3 is 2.42 bits per heavy atom. The van der Waals surface area contributed by atoms with Gasteiger partial charge in [-0.3, -0.25) is 14.2 Å². The highest BCUT2D eigenvalue weighted by Gasteiger charge is 2.30. The minimum absolute atomic E-state index is 0.0858. The molecule has 0 unspecified atom stereocenters. The van der Waals surface area contributed by atoms with Gasteiger partial charge < -0.3 is 5.32 Å². The van der Waals surface area contributed by atoms with Crippen LogP contribution in [0.3, 0.4) is 0 Å². The van der Waals surface area contributed by atoms with E-state index in [1.807, 2.05) is 0 Å². The SMILES string of the molecule is Cc1nn(Cc2cccc(C(F)(F)F)c2)c(C)c1NC(=O)Cn1nc(C(F)F)cc1C. The summed E-state index contributed by atoms with van der Waals surface area (Å²) in [7, 11) is 0. The number of anilines is 1. The predicted molar refractivity (Wildman–Crippen MR) is 103 cm³/mol. The first-order chi connectivity index (χ1) is 14.5. The highest BCUT2D eigenvalue weighted by Crippen LogP contribution is 2.30. The van der Waals surface area contributed by atoms with E-state index < -0.39 is 29.8 Å². The van der Waals surface area contributed by atoms with Gasteiger partial charge in [0.05, 0.1) is 29.2 Å². The zero-order valence-electron chi connectivity index (χ0n) is 17.0. The number of hydrogen-bond acceptors (Lipinski definition) is 3. The molecule has 0 radical (unpaired) electrons. The van der Waals surface area contributed by atoms with Gasteiger partial charge in [-0.05, 0) is 44.5 Å². The number of aryl methyl sites for hydroxylation is 2. The molecule has 0 atom stereocenters. The summed E-state index contributed by atoms with van der Waals surface area (Å²) in [6.07, 6.45) is -7.18. The number of nitrogens with zero attached hydrogens (tertiary/aromatic N) is 4. The highest BCUT2D eigenvalue weighted by molar-refractivity contribution is 5.91. The van der Waals surface area contributed by atoms with Gasteiger partial charge >= 0.3 is 6.18 Å². The van der Waals surface area contributed by atoms with E-state index in [9.17, 15) is 26.7 Å². The second-order valence-electron chi connectivity index (χ2n) is 7.12. The molecule has 1 amide bonds. The van der Waals surface area contributed by atoms with E-state index in [2.05, 4.69) is 15.5 Å². The summed E-state index contributed by atoms with van der Waals surface area (Å²) in [5, 5.41) is 10.7. The molecule has 0 aliphatic rings. The third-order valence-corrected chi connectivity index (χ3v) is 4.75. The molecule has 3 aromatic rings. The number of halogens is 5. The Morgan fingerprint density at radius 2 is 1.81 bits per heavy atom. The van der Waals surface area contributed by atoms with Gasteiger partial charge in [0.1, 0.15) is 12.2 Å². The fourth-order valence-corrected chi connectivity index (χ4v) is 3.17. The first-order valence-electron chi connectivity index (χ1n) is 9.28. The molecule has 166 valence electrons. The Bertz CT molecular complexity index is 1100. The quantitative estimate of drug-likeness (QED) is 0.567. The number of hydrogen-bond donors (Lipinski definition) is 1. The summed E-state index contributed by atoms with van der Waals surface area (Å²) in [5.74, 6) is -0.489. The molecule has 6 nitrogen and oxygen atoms in total. The standard InChI is InChI=1S/C20H20F5N5O/c1-11-7-16(19(21)22)28-29(11)10-17(31)26-18-12(2)27-30(13(18)3)9-14-5-4-6-15(8-14)20(23,24)25/h4-8,19H,9-10H2,1-3H3,(H,26,31). The minimum Gasteiger partial charge on any atom is -0.321 e. The Morgan fingerprint density at radius 1 is 1.10 bits per heavy atom. The molecular formula is C20H20F5N5O. The van der Waals surface area contributed by atoms with E-state index in [0.717, 1.165) is 12.1 Å². The molecule has 2 aromatic heterocycles. The molecule has 31 heavy (non-hydrogen) atoms. The summed E-state index contributed by atoms with van der Waals surface area (Å²) in [6, 6.07) is 6.14.